The van der Waals surface area contributed by atoms with Gasteiger partial charge in [0.2, 0.25) is 17.7 Å². The number of methoxy groups -OCH3 is 1. The quantitative estimate of drug-likeness (QED) is 0.800. The fourth-order valence-electron chi connectivity index (χ4n) is 2.70. The lowest BCUT2D eigenvalue weighted by atomic mass is 10.1. The van der Waals surface area contributed by atoms with Crippen LogP contribution in [-0.4, -0.2) is 30.9 Å². The molecule has 1 fully saturated rings. The molecule has 1 saturated heterocycles. The number of carbonyl (C=O) groups is 3. The number of ether oxygens (including phenoxy) is 1. The van der Waals surface area contributed by atoms with E-state index in [1.165, 1.54) is 11.3 Å². The van der Waals surface area contributed by atoms with Crippen LogP contribution in [0.3, 0.4) is 0 Å². The maximum atomic E-state index is 12.3. The van der Waals surface area contributed by atoms with Crippen LogP contribution in [0.2, 0.25) is 0 Å². The van der Waals surface area contributed by atoms with Gasteiger partial charge in [0, 0.05) is 16.9 Å². The van der Waals surface area contributed by atoms with Gasteiger partial charge in [0.15, 0.2) is 5.06 Å². The summed E-state index contributed by atoms with van der Waals surface area (Å²) < 4.78 is 5.39. The largest absolute Gasteiger partial charge is 0.487 e. The molecule has 0 bridgehead atoms. The van der Waals surface area contributed by atoms with Crippen molar-refractivity contribution in [3.8, 4) is 15.5 Å². The van der Waals surface area contributed by atoms with Gasteiger partial charge in [-0.1, -0.05) is 41.7 Å². The lowest BCUT2D eigenvalue weighted by Crippen LogP contribution is -2.52. The predicted octanol–water partition coefficient (Wildman–Crippen LogP) is 1.89. The SMILES string of the molecule is COc1sc(-c2ccccc2)cc1CC(=O)NC1CCC(=O)NC1=O. The Morgan fingerprint density at radius 1 is 1.32 bits per heavy atom. The molecule has 3 rings (SSSR count). The molecule has 0 radical (unpaired) electrons. The van der Waals surface area contributed by atoms with E-state index in [0.29, 0.717) is 11.5 Å². The van der Waals surface area contributed by atoms with Gasteiger partial charge in [0.25, 0.3) is 0 Å². The summed E-state index contributed by atoms with van der Waals surface area (Å²) in [5, 5.41) is 5.59. The first-order valence-electron chi connectivity index (χ1n) is 7.92. The number of benzene rings is 1. The Morgan fingerprint density at radius 3 is 2.76 bits per heavy atom. The van der Waals surface area contributed by atoms with E-state index in [4.69, 9.17) is 4.74 Å². The molecular formula is C18H18N2O4S. The molecule has 0 saturated carbocycles. The van der Waals surface area contributed by atoms with Crippen molar-refractivity contribution in [2.24, 2.45) is 0 Å². The van der Waals surface area contributed by atoms with Crippen LogP contribution in [0.15, 0.2) is 36.4 Å². The van der Waals surface area contributed by atoms with E-state index >= 15 is 0 Å². The highest BCUT2D eigenvalue weighted by Crippen LogP contribution is 2.37. The van der Waals surface area contributed by atoms with Crippen LogP contribution in [0.4, 0.5) is 0 Å². The monoisotopic (exact) mass is 358 g/mol. The topological polar surface area (TPSA) is 84.5 Å². The van der Waals surface area contributed by atoms with E-state index < -0.39 is 11.9 Å². The van der Waals surface area contributed by atoms with Crippen LogP contribution in [0.25, 0.3) is 10.4 Å². The summed E-state index contributed by atoms with van der Waals surface area (Å²) in [7, 11) is 1.57. The zero-order chi connectivity index (χ0) is 17.8. The van der Waals surface area contributed by atoms with Gasteiger partial charge < -0.3 is 10.1 Å². The van der Waals surface area contributed by atoms with Crippen molar-refractivity contribution in [3.63, 3.8) is 0 Å². The minimum Gasteiger partial charge on any atom is -0.487 e. The van der Waals surface area contributed by atoms with Crippen molar-refractivity contribution in [2.75, 3.05) is 7.11 Å². The number of carbonyl (C=O) groups excluding carboxylic acids is 3. The van der Waals surface area contributed by atoms with Crippen molar-refractivity contribution >= 4 is 29.1 Å². The van der Waals surface area contributed by atoms with Crippen LogP contribution in [0.1, 0.15) is 18.4 Å². The Labute approximate surface area is 149 Å². The van der Waals surface area contributed by atoms with E-state index in [1.807, 2.05) is 36.4 Å². The summed E-state index contributed by atoms with van der Waals surface area (Å²) >= 11 is 1.48. The molecule has 25 heavy (non-hydrogen) atoms. The van der Waals surface area contributed by atoms with E-state index in [9.17, 15) is 14.4 Å². The molecule has 130 valence electrons. The lowest BCUT2D eigenvalue weighted by Gasteiger charge is -2.21. The third kappa shape index (κ3) is 4.06. The second kappa shape index (κ2) is 7.48. The molecule has 1 aliphatic rings. The van der Waals surface area contributed by atoms with Gasteiger partial charge in [-0.05, 0) is 18.1 Å². The summed E-state index contributed by atoms with van der Waals surface area (Å²) in [6.45, 7) is 0. The van der Waals surface area contributed by atoms with E-state index in [1.54, 1.807) is 7.11 Å². The Morgan fingerprint density at radius 2 is 2.08 bits per heavy atom. The highest BCUT2D eigenvalue weighted by atomic mass is 32.1. The van der Waals surface area contributed by atoms with E-state index in [-0.39, 0.29) is 24.7 Å². The first-order valence-corrected chi connectivity index (χ1v) is 8.73. The second-order valence-corrected chi connectivity index (χ2v) is 6.76. The van der Waals surface area contributed by atoms with E-state index in [2.05, 4.69) is 10.6 Å². The summed E-state index contributed by atoms with van der Waals surface area (Å²) in [5.41, 5.74) is 1.83. The summed E-state index contributed by atoms with van der Waals surface area (Å²) in [6, 6.07) is 11.1. The third-order valence-corrected chi connectivity index (χ3v) is 5.13. The number of piperidine rings is 1. The van der Waals surface area contributed by atoms with E-state index in [0.717, 1.165) is 16.0 Å². The van der Waals surface area contributed by atoms with Gasteiger partial charge in [0.1, 0.15) is 6.04 Å². The van der Waals surface area contributed by atoms with Crippen molar-refractivity contribution < 1.29 is 19.1 Å². The molecule has 7 heteroatoms. The van der Waals surface area contributed by atoms with Crippen LogP contribution < -0.4 is 15.4 Å². The molecule has 1 aromatic heterocycles. The van der Waals surface area contributed by atoms with Gasteiger partial charge in [-0.3, -0.25) is 19.7 Å². The number of hydrogen-bond donors (Lipinski definition) is 2. The second-order valence-electron chi connectivity index (χ2n) is 5.74. The maximum Gasteiger partial charge on any atom is 0.249 e. The highest BCUT2D eigenvalue weighted by Gasteiger charge is 2.28. The Hall–Kier alpha value is -2.67. The zero-order valence-electron chi connectivity index (χ0n) is 13.7. The zero-order valence-corrected chi connectivity index (χ0v) is 14.5. The molecule has 0 aliphatic carbocycles. The summed E-state index contributed by atoms with van der Waals surface area (Å²) in [6.07, 6.45) is 0.674. The smallest absolute Gasteiger partial charge is 0.249 e. The van der Waals surface area contributed by atoms with Gasteiger partial charge in [-0.25, -0.2) is 0 Å². The fourth-order valence-corrected chi connectivity index (χ4v) is 3.70. The molecule has 0 spiro atoms. The van der Waals surface area contributed by atoms with Crippen LogP contribution in [0.5, 0.6) is 5.06 Å². The first kappa shape index (κ1) is 17.2. The number of amides is 3. The molecule has 1 unspecified atom stereocenters. The van der Waals surface area contributed by atoms with Crippen molar-refractivity contribution in [3.05, 3.63) is 42.0 Å². The first-order chi connectivity index (χ1) is 12.1. The summed E-state index contributed by atoms with van der Waals surface area (Å²) in [5.74, 6) is -1.03. The Bertz CT molecular complexity index is 801. The molecule has 2 heterocycles. The van der Waals surface area contributed by atoms with Crippen molar-refractivity contribution in [1.82, 2.24) is 10.6 Å². The highest BCUT2D eigenvalue weighted by molar-refractivity contribution is 7.17. The van der Waals surface area contributed by atoms with Crippen LogP contribution in [0, 0.1) is 0 Å². The molecule has 2 N–H and O–H groups in total. The normalized spacial score (nSPS) is 17.1. The van der Waals surface area contributed by atoms with Crippen molar-refractivity contribution in [2.45, 2.75) is 25.3 Å². The lowest BCUT2D eigenvalue weighted by molar-refractivity contribution is -0.137. The third-order valence-electron chi connectivity index (χ3n) is 3.94. The number of nitrogens with one attached hydrogen (secondary N) is 2. The minimum absolute atomic E-state index is 0.115. The molecule has 1 atom stereocenters. The Balaban J connectivity index is 1.70. The maximum absolute atomic E-state index is 12.3. The summed E-state index contributed by atoms with van der Waals surface area (Å²) in [4.78, 5) is 36.2. The molecule has 3 amide bonds. The van der Waals surface area contributed by atoms with Crippen LogP contribution >= 0.6 is 11.3 Å². The molecular weight excluding hydrogens is 340 g/mol. The predicted molar refractivity (Wildman–Crippen MR) is 94.3 cm³/mol. The molecule has 1 aliphatic heterocycles. The average Bonchev–Trinajstić information content (AvgIpc) is 3.01. The molecule has 6 nitrogen and oxygen atoms in total. The number of rotatable bonds is 5. The fraction of sp³-hybridized carbons (Fsp3) is 0.278. The number of thiophene rings is 1. The van der Waals surface area contributed by atoms with Gasteiger partial charge in [0.05, 0.1) is 13.5 Å². The standard InChI is InChI=1S/C18H18N2O4S/c1-24-18-12(9-14(25-18)11-5-3-2-4-6-11)10-16(22)19-13-7-8-15(21)20-17(13)23/h2-6,9,13H,7-8,10H2,1H3,(H,19,22)(H,20,21,23). The molecule has 2 aromatic rings. The number of imide groups is 1. The van der Waals surface area contributed by atoms with Gasteiger partial charge in [-0.15, -0.1) is 0 Å². The Kier molecular flexibility index (Phi) is 5.14. The molecule has 1 aromatic carbocycles. The van der Waals surface area contributed by atoms with Crippen molar-refractivity contribution in [1.29, 1.82) is 0 Å². The van der Waals surface area contributed by atoms with Gasteiger partial charge >= 0.3 is 0 Å². The average molecular weight is 358 g/mol. The number of hydrogen-bond acceptors (Lipinski definition) is 5. The minimum atomic E-state index is -0.663. The van der Waals surface area contributed by atoms with Gasteiger partial charge in [-0.2, -0.15) is 0 Å². The van der Waals surface area contributed by atoms with Crippen LogP contribution in [-0.2, 0) is 20.8 Å².